The molecule has 0 heterocycles. The molecule has 0 aliphatic heterocycles. The molecule has 20 heavy (non-hydrogen) atoms. The molecule has 1 amide bonds. The van der Waals surface area contributed by atoms with Crippen LogP contribution >= 0.6 is 0 Å². The summed E-state index contributed by atoms with van der Waals surface area (Å²) in [5.74, 6) is 0.819. The minimum absolute atomic E-state index is 0.0260. The number of para-hydroxylation sites is 1. The lowest BCUT2D eigenvalue weighted by Crippen LogP contribution is -2.29. The van der Waals surface area contributed by atoms with Crippen LogP contribution < -0.4 is 5.32 Å². The van der Waals surface area contributed by atoms with Gasteiger partial charge in [-0.25, -0.2) is 0 Å². The highest BCUT2D eigenvalue weighted by Gasteiger charge is 2.23. The van der Waals surface area contributed by atoms with Crippen LogP contribution in [0.15, 0.2) is 24.3 Å². The van der Waals surface area contributed by atoms with Gasteiger partial charge in [-0.1, -0.05) is 19.1 Å². The molecule has 1 aromatic rings. The molecule has 1 fully saturated rings. The van der Waals surface area contributed by atoms with Crippen LogP contribution in [-0.2, 0) is 4.79 Å². The number of hydrogen-bond acceptors (Lipinski definition) is 3. The number of nitriles is 1. The highest BCUT2D eigenvalue weighted by molar-refractivity contribution is 5.92. The first-order chi connectivity index (χ1) is 9.72. The van der Waals surface area contributed by atoms with E-state index in [1.807, 2.05) is 6.07 Å². The smallest absolute Gasteiger partial charge is 0.225 e. The van der Waals surface area contributed by atoms with Crippen molar-refractivity contribution in [2.75, 3.05) is 25.0 Å². The summed E-state index contributed by atoms with van der Waals surface area (Å²) in [6.45, 7) is 5.01. The van der Waals surface area contributed by atoms with E-state index >= 15 is 0 Å². The number of nitrogens with one attached hydrogen (secondary N) is 1. The van der Waals surface area contributed by atoms with E-state index in [4.69, 9.17) is 5.26 Å². The van der Waals surface area contributed by atoms with E-state index in [1.54, 1.807) is 18.2 Å². The number of amides is 1. The quantitative estimate of drug-likeness (QED) is 0.829. The Bertz CT molecular complexity index is 503. The maximum Gasteiger partial charge on any atom is 0.225 e. The van der Waals surface area contributed by atoms with Crippen LogP contribution in [0, 0.1) is 17.2 Å². The SMILES string of the molecule is CCN(CCC(=O)Nc1ccccc1C#N)CC1CC1. The number of carbonyl (C=O) groups excluding carboxylic acids is 1. The maximum atomic E-state index is 12.0. The van der Waals surface area contributed by atoms with E-state index in [0.717, 1.165) is 25.6 Å². The van der Waals surface area contributed by atoms with Gasteiger partial charge in [-0.05, 0) is 37.4 Å². The number of rotatable bonds is 7. The molecule has 4 nitrogen and oxygen atoms in total. The van der Waals surface area contributed by atoms with Crippen LogP contribution in [0.25, 0.3) is 0 Å². The Labute approximate surface area is 120 Å². The predicted octanol–water partition coefficient (Wildman–Crippen LogP) is 2.62. The van der Waals surface area contributed by atoms with Gasteiger partial charge in [0.25, 0.3) is 0 Å². The van der Waals surface area contributed by atoms with Gasteiger partial charge in [-0.2, -0.15) is 5.26 Å². The molecule has 2 rings (SSSR count). The largest absolute Gasteiger partial charge is 0.325 e. The summed E-state index contributed by atoms with van der Waals surface area (Å²) in [5.41, 5.74) is 1.11. The van der Waals surface area contributed by atoms with E-state index < -0.39 is 0 Å². The molecule has 1 aliphatic carbocycles. The van der Waals surface area contributed by atoms with E-state index in [2.05, 4.69) is 23.2 Å². The highest BCUT2D eigenvalue weighted by Crippen LogP contribution is 2.29. The van der Waals surface area contributed by atoms with Crippen LogP contribution in [0.4, 0.5) is 5.69 Å². The number of benzene rings is 1. The summed E-state index contributed by atoms with van der Waals surface area (Å²) in [6, 6.07) is 9.17. The average Bonchev–Trinajstić information content (AvgIpc) is 3.28. The Kier molecular flexibility index (Phi) is 5.14. The second-order valence-electron chi connectivity index (χ2n) is 5.29. The molecule has 1 aliphatic rings. The molecule has 106 valence electrons. The minimum Gasteiger partial charge on any atom is -0.325 e. The number of anilines is 1. The van der Waals surface area contributed by atoms with Crippen molar-refractivity contribution in [3.63, 3.8) is 0 Å². The normalized spacial score (nSPS) is 14.1. The molecule has 1 saturated carbocycles. The lowest BCUT2D eigenvalue weighted by Gasteiger charge is -2.19. The average molecular weight is 271 g/mol. The molecule has 0 unspecified atom stereocenters. The van der Waals surface area contributed by atoms with Crippen molar-refractivity contribution < 1.29 is 4.79 Å². The molecule has 0 bridgehead atoms. The summed E-state index contributed by atoms with van der Waals surface area (Å²) in [4.78, 5) is 14.3. The molecule has 1 aromatic carbocycles. The van der Waals surface area contributed by atoms with Gasteiger partial charge >= 0.3 is 0 Å². The van der Waals surface area contributed by atoms with Crippen molar-refractivity contribution in [1.82, 2.24) is 4.90 Å². The fraction of sp³-hybridized carbons (Fsp3) is 0.500. The third-order valence-corrected chi connectivity index (χ3v) is 3.64. The first kappa shape index (κ1) is 14.5. The first-order valence-electron chi connectivity index (χ1n) is 7.24. The fourth-order valence-corrected chi connectivity index (χ4v) is 2.21. The lowest BCUT2D eigenvalue weighted by atomic mass is 10.2. The maximum absolute atomic E-state index is 12.0. The number of hydrogen-bond donors (Lipinski definition) is 1. The molecule has 0 saturated heterocycles. The molecule has 0 atom stereocenters. The van der Waals surface area contributed by atoms with Crippen LogP contribution in [0.3, 0.4) is 0 Å². The Morgan fingerprint density at radius 1 is 1.45 bits per heavy atom. The minimum atomic E-state index is -0.0260. The standard InChI is InChI=1S/C16H21N3O/c1-2-19(12-13-7-8-13)10-9-16(20)18-15-6-4-3-5-14(15)11-17/h3-6,13H,2,7-10,12H2,1H3,(H,18,20). The third kappa shape index (κ3) is 4.36. The highest BCUT2D eigenvalue weighted by atomic mass is 16.1. The summed E-state index contributed by atoms with van der Waals surface area (Å²) in [5, 5.41) is 11.8. The van der Waals surface area contributed by atoms with Crippen molar-refractivity contribution in [3.05, 3.63) is 29.8 Å². The van der Waals surface area contributed by atoms with Crippen LogP contribution in [0.1, 0.15) is 31.7 Å². The van der Waals surface area contributed by atoms with Gasteiger partial charge in [0.05, 0.1) is 11.3 Å². The fourth-order valence-electron chi connectivity index (χ4n) is 2.21. The number of carbonyl (C=O) groups is 1. The molecule has 1 N–H and O–H groups in total. The molecular weight excluding hydrogens is 250 g/mol. The van der Waals surface area contributed by atoms with Crippen LogP contribution in [0.2, 0.25) is 0 Å². The van der Waals surface area contributed by atoms with Crippen molar-refractivity contribution in [1.29, 1.82) is 5.26 Å². The zero-order valence-electron chi connectivity index (χ0n) is 11.9. The topological polar surface area (TPSA) is 56.1 Å². The molecule has 0 spiro atoms. The van der Waals surface area contributed by atoms with Crippen LogP contribution in [-0.4, -0.2) is 30.4 Å². The lowest BCUT2D eigenvalue weighted by molar-refractivity contribution is -0.116. The summed E-state index contributed by atoms with van der Waals surface area (Å²) >= 11 is 0. The number of nitrogens with zero attached hydrogens (tertiary/aromatic N) is 2. The Morgan fingerprint density at radius 2 is 2.20 bits per heavy atom. The van der Waals surface area contributed by atoms with Gasteiger partial charge in [0.1, 0.15) is 6.07 Å². The van der Waals surface area contributed by atoms with E-state index in [0.29, 0.717) is 17.7 Å². The van der Waals surface area contributed by atoms with Crippen molar-refractivity contribution in [2.45, 2.75) is 26.2 Å². The summed E-state index contributed by atoms with van der Waals surface area (Å²) in [7, 11) is 0. The van der Waals surface area contributed by atoms with E-state index in [-0.39, 0.29) is 5.91 Å². The second kappa shape index (κ2) is 7.06. The van der Waals surface area contributed by atoms with Crippen molar-refractivity contribution in [3.8, 4) is 6.07 Å². The Hall–Kier alpha value is -1.86. The van der Waals surface area contributed by atoms with Crippen molar-refractivity contribution >= 4 is 11.6 Å². The predicted molar refractivity (Wildman–Crippen MR) is 79.2 cm³/mol. The Morgan fingerprint density at radius 3 is 2.85 bits per heavy atom. The monoisotopic (exact) mass is 271 g/mol. The summed E-state index contributed by atoms with van der Waals surface area (Å²) < 4.78 is 0. The van der Waals surface area contributed by atoms with Gasteiger partial charge in [0.2, 0.25) is 5.91 Å². The van der Waals surface area contributed by atoms with E-state index in [9.17, 15) is 4.79 Å². The zero-order chi connectivity index (χ0) is 14.4. The molecule has 4 heteroatoms. The first-order valence-corrected chi connectivity index (χ1v) is 7.24. The Balaban J connectivity index is 1.81. The second-order valence-corrected chi connectivity index (χ2v) is 5.29. The third-order valence-electron chi connectivity index (χ3n) is 3.64. The van der Waals surface area contributed by atoms with Gasteiger partial charge in [-0.15, -0.1) is 0 Å². The van der Waals surface area contributed by atoms with E-state index in [1.165, 1.54) is 12.8 Å². The van der Waals surface area contributed by atoms with Gasteiger partial charge in [0.15, 0.2) is 0 Å². The zero-order valence-corrected chi connectivity index (χ0v) is 11.9. The van der Waals surface area contributed by atoms with Crippen LogP contribution in [0.5, 0.6) is 0 Å². The molecule has 0 aromatic heterocycles. The van der Waals surface area contributed by atoms with Crippen molar-refractivity contribution in [2.24, 2.45) is 5.92 Å². The van der Waals surface area contributed by atoms with Gasteiger partial charge in [0, 0.05) is 19.5 Å². The molecule has 0 radical (unpaired) electrons. The van der Waals surface area contributed by atoms with Gasteiger partial charge < -0.3 is 10.2 Å². The van der Waals surface area contributed by atoms with Gasteiger partial charge in [-0.3, -0.25) is 4.79 Å². The molecular formula is C16H21N3O. The summed E-state index contributed by atoms with van der Waals surface area (Å²) in [6.07, 6.45) is 3.14.